The van der Waals surface area contributed by atoms with Gasteiger partial charge in [-0.2, -0.15) is 0 Å². The number of morpholine rings is 1. The van der Waals surface area contributed by atoms with Crippen molar-refractivity contribution in [3.05, 3.63) is 36.4 Å². The molecule has 3 rings (SSSR count). The lowest BCUT2D eigenvalue weighted by atomic mass is 10.1. The third-order valence-electron chi connectivity index (χ3n) is 3.66. The number of hydrogen-bond acceptors (Lipinski definition) is 5. The molecule has 0 saturated carbocycles. The smallest absolute Gasteiger partial charge is 0.244 e. The van der Waals surface area contributed by atoms with Crippen LogP contribution in [0.1, 0.15) is 12.8 Å². The summed E-state index contributed by atoms with van der Waals surface area (Å²) in [5.74, 6) is 1.26. The van der Waals surface area contributed by atoms with Gasteiger partial charge in [0.05, 0.1) is 18.9 Å². The number of hydrogen-bond donors (Lipinski definition) is 2. The summed E-state index contributed by atoms with van der Waals surface area (Å²) in [4.78, 5) is 16.3. The van der Waals surface area contributed by atoms with Crippen molar-refractivity contribution in [1.29, 1.82) is 0 Å². The van der Waals surface area contributed by atoms with Crippen LogP contribution in [-0.2, 0) is 9.53 Å². The zero-order chi connectivity index (χ0) is 15.5. The van der Waals surface area contributed by atoms with Crippen molar-refractivity contribution >= 4 is 24.0 Å². The first-order chi connectivity index (χ1) is 10.6. The number of nitrogens with zero attached hydrogens (tertiary/aromatic N) is 1. The Morgan fingerprint density at radius 3 is 2.70 bits per heavy atom. The SMILES string of the molecule is Cc1ncc(-c2ccc(NC(=O)[C@H]3NCCO[C@@H]3C)cc2)o1.Cl. The summed E-state index contributed by atoms with van der Waals surface area (Å²) in [6.07, 6.45) is 1.55. The fourth-order valence-electron chi connectivity index (χ4n) is 2.46. The van der Waals surface area contributed by atoms with Crippen molar-refractivity contribution in [2.75, 3.05) is 18.5 Å². The molecule has 1 aliphatic heterocycles. The molecule has 1 saturated heterocycles. The van der Waals surface area contributed by atoms with Gasteiger partial charge < -0.3 is 19.8 Å². The molecule has 1 aromatic heterocycles. The number of ether oxygens (including phenoxy) is 1. The standard InChI is InChI=1S/C16H19N3O3.ClH/c1-10-15(17-7-8-21-10)16(20)19-13-5-3-12(4-6-13)14-9-18-11(2)22-14;/h3-6,9-10,15,17H,7-8H2,1-2H3,(H,19,20);1H/t10-,15+;/m1./s1. The van der Waals surface area contributed by atoms with E-state index in [0.717, 1.165) is 11.3 Å². The highest BCUT2D eigenvalue weighted by molar-refractivity contribution is 5.95. The van der Waals surface area contributed by atoms with E-state index < -0.39 is 0 Å². The molecule has 1 aromatic carbocycles. The Kier molecular flexibility index (Phi) is 5.76. The molecule has 0 unspecified atom stereocenters. The number of nitrogens with one attached hydrogen (secondary N) is 2. The van der Waals surface area contributed by atoms with Gasteiger partial charge in [-0.1, -0.05) is 0 Å². The molecular formula is C16H20ClN3O3. The second-order valence-corrected chi connectivity index (χ2v) is 5.32. The third-order valence-corrected chi connectivity index (χ3v) is 3.66. The first-order valence-electron chi connectivity index (χ1n) is 7.32. The fourth-order valence-corrected chi connectivity index (χ4v) is 2.46. The lowest BCUT2D eigenvalue weighted by Crippen LogP contribution is -2.53. The summed E-state index contributed by atoms with van der Waals surface area (Å²) in [6.45, 7) is 5.02. The van der Waals surface area contributed by atoms with Gasteiger partial charge in [0.1, 0.15) is 6.04 Å². The lowest BCUT2D eigenvalue weighted by Gasteiger charge is -2.29. The first kappa shape index (κ1) is 17.5. The van der Waals surface area contributed by atoms with Crippen LogP contribution in [0.3, 0.4) is 0 Å². The maximum absolute atomic E-state index is 12.3. The molecule has 1 fully saturated rings. The van der Waals surface area contributed by atoms with E-state index in [-0.39, 0.29) is 30.5 Å². The highest BCUT2D eigenvalue weighted by Crippen LogP contribution is 2.22. The van der Waals surface area contributed by atoms with Crippen LogP contribution in [0.4, 0.5) is 5.69 Å². The number of benzene rings is 1. The van der Waals surface area contributed by atoms with Crippen LogP contribution in [0.15, 0.2) is 34.9 Å². The van der Waals surface area contributed by atoms with E-state index in [1.165, 1.54) is 0 Å². The molecule has 124 valence electrons. The van der Waals surface area contributed by atoms with Gasteiger partial charge in [0.25, 0.3) is 0 Å². The van der Waals surface area contributed by atoms with Crippen molar-refractivity contribution in [1.82, 2.24) is 10.3 Å². The molecule has 6 nitrogen and oxygen atoms in total. The summed E-state index contributed by atoms with van der Waals surface area (Å²) >= 11 is 0. The van der Waals surface area contributed by atoms with E-state index in [1.54, 1.807) is 13.1 Å². The van der Waals surface area contributed by atoms with Crippen LogP contribution in [-0.4, -0.2) is 36.2 Å². The summed E-state index contributed by atoms with van der Waals surface area (Å²) in [5, 5.41) is 6.07. The Labute approximate surface area is 141 Å². The Morgan fingerprint density at radius 2 is 2.09 bits per heavy atom. The highest BCUT2D eigenvalue weighted by Gasteiger charge is 2.28. The minimum absolute atomic E-state index is 0. The molecule has 2 aromatic rings. The quantitative estimate of drug-likeness (QED) is 0.899. The van der Waals surface area contributed by atoms with Gasteiger partial charge in [-0.15, -0.1) is 12.4 Å². The maximum Gasteiger partial charge on any atom is 0.244 e. The van der Waals surface area contributed by atoms with Crippen molar-refractivity contribution in [3.63, 3.8) is 0 Å². The summed E-state index contributed by atoms with van der Waals surface area (Å²) in [6, 6.07) is 7.15. The number of oxazole rings is 1. The molecular weight excluding hydrogens is 318 g/mol. The summed E-state index contributed by atoms with van der Waals surface area (Å²) in [7, 11) is 0. The van der Waals surface area contributed by atoms with E-state index in [2.05, 4.69) is 15.6 Å². The molecule has 0 spiro atoms. The van der Waals surface area contributed by atoms with E-state index in [9.17, 15) is 4.79 Å². The predicted molar refractivity (Wildman–Crippen MR) is 89.8 cm³/mol. The molecule has 23 heavy (non-hydrogen) atoms. The van der Waals surface area contributed by atoms with Crippen LogP contribution in [0.25, 0.3) is 11.3 Å². The maximum atomic E-state index is 12.3. The van der Waals surface area contributed by atoms with E-state index in [4.69, 9.17) is 9.15 Å². The van der Waals surface area contributed by atoms with Crippen LogP contribution in [0, 0.1) is 6.92 Å². The monoisotopic (exact) mass is 337 g/mol. The number of halogens is 1. The topological polar surface area (TPSA) is 76.4 Å². The number of amides is 1. The second-order valence-electron chi connectivity index (χ2n) is 5.32. The average molecular weight is 338 g/mol. The van der Waals surface area contributed by atoms with Gasteiger partial charge in [0.15, 0.2) is 11.7 Å². The molecule has 2 heterocycles. The number of anilines is 1. The zero-order valence-electron chi connectivity index (χ0n) is 13.0. The number of aryl methyl sites for hydroxylation is 1. The molecule has 1 aliphatic rings. The molecule has 0 aliphatic carbocycles. The van der Waals surface area contributed by atoms with Crippen molar-refractivity contribution in [3.8, 4) is 11.3 Å². The van der Waals surface area contributed by atoms with E-state index in [0.29, 0.717) is 24.8 Å². The number of carbonyl (C=O) groups excluding carboxylic acids is 1. The Bertz CT molecular complexity index is 657. The Morgan fingerprint density at radius 1 is 1.35 bits per heavy atom. The third kappa shape index (κ3) is 4.10. The van der Waals surface area contributed by atoms with Crippen LogP contribution < -0.4 is 10.6 Å². The number of carbonyl (C=O) groups is 1. The van der Waals surface area contributed by atoms with Crippen LogP contribution >= 0.6 is 12.4 Å². The zero-order valence-corrected chi connectivity index (χ0v) is 13.9. The molecule has 0 bridgehead atoms. The summed E-state index contributed by atoms with van der Waals surface area (Å²) in [5.41, 5.74) is 1.66. The minimum Gasteiger partial charge on any atom is -0.441 e. The van der Waals surface area contributed by atoms with Gasteiger partial charge in [-0.3, -0.25) is 4.79 Å². The second kappa shape index (κ2) is 7.59. The average Bonchev–Trinajstić information content (AvgIpc) is 2.95. The van der Waals surface area contributed by atoms with Gasteiger partial charge in [0, 0.05) is 24.7 Å². The van der Waals surface area contributed by atoms with Gasteiger partial charge in [-0.05, 0) is 31.2 Å². The molecule has 1 amide bonds. The minimum atomic E-state index is -0.328. The van der Waals surface area contributed by atoms with E-state index in [1.807, 2.05) is 31.2 Å². The summed E-state index contributed by atoms with van der Waals surface area (Å²) < 4.78 is 11.0. The molecule has 2 atom stereocenters. The van der Waals surface area contributed by atoms with Crippen LogP contribution in [0.2, 0.25) is 0 Å². The van der Waals surface area contributed by atoms with E-state index >= 15 is 0 Å². The van der Waals surface area contributed by atoms with Crippen LogP contribution in [0.5, 0.6) is 0 Å². The Balaban J connectivity index is 0.00000192. The van der Waals surface area contributed by atoms with Crippen molar-refractivity contribution < 1.29 is 13.9 Å². The lowest BCUT2D eigenvalue weighted by molar-refractivity contribution is -0.123. The van der Waals surface area contributed by atoms with Gasteiger partial charge in [0.2, 0.25) is 5.91 Å². The normalized spacial score (nSPS) is 20.6. The number of aromatic nitrogens is 1. The predicted octanol–water partition coefficient (Wildman–Crippen LogP) is 2.39. The van der Waals surface area contributed by atoms with Crippen molar-refractivity contribution in [2.24, 2.45) is 0 Å². The number of rotatable bonds is 3. The molecule has 7 heteroatoms. The van der Waals surface area contributed by atoms with Gasteiger partial charge >= 0.3 is 0 Å². The molecule has 2 N–H and O–H groups in total. The Hall–Kier alpha value is -1.89. The first-order valence-corrected chi connectivity index (χ1v) is 7.32. The molecule has 0 radical (unpaired) electrons. The van der Waals surface area contributed by atoms with Gasteiger partial charge in [-0.25, -0.2) is 4.98 Å². The van der Waals surface area contributed by atoms with Crippen molar-refractivity contribution in [2.45, 2.75) is 26.0 Å². The largest absolute Gasteiger partial charge is 0.441 e. The fraction of sp³-hybridized carbons (Fsp3) is 0.375. The highest BCUT2D eigenvalue weighted by atomic mass is 35.5.